The number of nitrogens with one attached hydrogen (secondary N) is 1. The van der Waals surface area contributed by atoms with Crippen molar-refractivity contribution in [2.75, 3.05) is 13.9 Å². The molecule has 2 aromatic carbocycles. The largest absolute Gasteiger partial charge is 0.497 e. The van der Waals surface area contributed by atoms with Crippen LogP contribution in [0.4, 0.5) is 0 Å². The smallest absolute Gasteiger partial charge is 0.231 e. The summed E-state index contributed by atoms with van der Waals surface area (Å²) in [4.78, 5) is 16.4. The van der Waals surface area contributed by atoms with Crippen molar-refractivity contribution >= 4 is 5.91 Å². The van der Waals surface area contributed by atoms with Crippen molar-refractivity contribution in [3.05, 3.63) is 60.1 Å². The molecule has 1 aromatic heterocycles. The molecule has 0 aliphatic carbocycles. The molecule has 0 atom stereocenters. The molecule has 7 nitrogen and oxygen atoms in total. The molecule has 1 amide bonds. The number of hydrogen-bond donors (Lipinski definition) is 1. The minimum Gasteiger partial charge on any atom is -0.497 e. The van der Waals surface area contributed by atoms with E-state index in [9.17, 15) is 4.79 Å². The third-order valence-corrected chi connectivity index (χ3v) is 4.40. The summed E-state index contributed by atoms with van der Waals surface area (Å²) >= 11 is 0. The molecule has 0 radical (unpaired) electrons. The normalized spacial score (nSPS) is 12.0. The number of hydrogen-bond acceptors (Lipinski definition) is 6. The van der Waals surface area contributed by atoms with Gasteiger partial charge in [-0.2, -0.15) is 0 Å². The van der Waals surface area contributed by atoms with Crippen LogP contribution in [-0.2, 0) is 17.8 Å². The summed E-state index contributed by atoms with van der Waals surface area (Å²) in [6.07, 6.45) is 2.38. The van der Waals surface area contributed by atoms with Crippen LogP contribution in [0.3, 0.4) is 0 Å². The molecule has 2 heterocycles. The van der Waals surface area contributed by atoms with E-state index in [0.29, 0.717) is 36.8 Å². The summed E-state index contributed by atoms with van der Waals surface area (Å²) in [5, 5.41) is 2.89. The van der Waals surface area contributed by atoms with Gasteiger partial charge < -0.3 is 23.9 Å². The molecule has 7 heteroatoms. The number of fused-ring (bicyclic) bond motifs is 1. The number of carbonyl (C=O) groups excluding carboxylic acids is 1. The molecule has 0 saturated heterocycles. The predicted octanol–water partition coefficient (Wildman–Crippen LogP) is 3.33. The Bertz CT molecular complexity index is 982. The van der Waals surface area contributed by atoms with Gasteiger partial charge in [0.25, 0.3) is 0 Å². The first-order valence-corrected chi connectivity index (χ1v) is 8.95. The number of carbonyl (C=O) groups is 1. The van der Waals surface area contributed by atoms with E-state index in [-0.39, 0.29) is 12.7 Å². The summed E-state index contributed by atoms with van der Waals surface area (Å²) in [7, 11) is 1.62. The maximum absolute atomic E-state index is 12.1. The van der Waals surface area contributed by atoms with Gasteiger partial charge in [-0.25, -0.2) is 4.98 Å². The highest BCUT2D eigenvalue weighted by Gasteiger charge is 2.14. The van der Waals surface area contributed by atoms with Gasteiger partial charge in [0.2, 0.25) is 12.7 Å². The van der Waals surface area contributed by atoms with Gasteiger partial charge in [0.05, 0.1) is 13.3 Å². The van der Waals surface area contributed by atoms with Crippen molar-refractivity contribution in [1.29, 1.82) is 0 Å². The summed E-state index contributed by atoms with van der Waals surface area (Å²) in [6.45, 7) is 0.662. The highest BCUT2D eigenvalue weighted by atomic mass is 16.7. The number of nitrogens with zero attached hydrogens (tertiary/aromatic N) is 1. The third-order valence-electron chi connectivity index (χ3n) is 4.40. The van der Waals surface area contributed by atoms with Gasteiger partial charge in [-0.05, 0) is 29.8 Å². The fourth-order valence-corrected chi connectivity index (χ4v) is 2.90. The average Bonchev–Trinajstić information content (AvgIpc) is 3.39. The van der Waals surface area contributed by atoms with Gasteiger partial charge in [0, 0.05) is 24.9 Å². The highest BCUT2D eigenvalue weighted by Crippen LogP contribution is 2.32. The van der Waals surface area contributed by atoms with E-state index >= 15 is 0 Å². The highest BCUT2D eigenvalue weighted by molar-refractivity contribution is 5.76. The number of rotatable bonds is 7. The maximum atomic E-state index is 12.1. The fourth-order valence-electron chi connectivity index (χ4n) is 2.90. The summed E-state index contributed by atoms with van der Waals surface area (Å²) in [5.74, 6) is 3.28. The van der Waals surface area contributed by atoms with E-state index < -0.39 is 0 Å². The van der Waals surface area contributed by atoms with Crippen LogP contribution < -0.4 is 19.5 Å². The Kier molecular flexibility index (Phi) is 5.14. The number of aryl methyl sites for hydroxylation is 1. The predicted molar refractivity (Wildman–Crippen MR) is 101 cm³/mol. The van der Waals surface area contributed by atoms with Gasteiger partial charge in [0.1, 0.15) is 5.75 Å². The van der Waals surface area contributed by atoms with E-state index in [1.807, 2.05) is 42.5 Å². The molecule has 0 saturated carbocycles. The maximum Gasteiger partial charge on any atom is 0.231 e. The molecule has 144 valence electrons. The lowest BCUT2D eigenvalue weighted by Gasteiger charge is -2.05. The molecule has 1 N–H and O–H groups in total. The van der Waals surface area contributed by atoms with Crippen LogP contribution in [-0.4, -0.2) is 24.8 Å². The molecule has 0 spiro atoms. The number of amides is 1. The zero-order valence-corrected chi connectivity index (χ0v) is 15.4. The molecular weight excluding hydrogens is 360 g/mol. The van der Waals surface area contributed by atoms with Crippen LogP contribution in [0.15, 0.2) is 53.1 Å². The number of aromatic nitrogens is 1. The fraction of sp³-hybridized carbons (Fsp3) is 0.238. The van der Waals surface area contributed by atoms with Gasteiger partial charge in [-0.1, -0.05) is 18.2 Å². The minimum atomic E-state index is -0.0706. The van der Waals surface area contributed by atoms with Crippen molar-refractivity contribution in [3.63, 3.8) is 0 Å². The van der Waals surface area contributed by atoms with Crippen molar-refractivity contribution in [1.82, 2.24) is 10.3 Å². The van der Waals surface area contributed by atoms with Crippen LogP contribution in [0, 0.1) is 0 Å². The molecule has 0 unspecified atom stereocenters. The van der Waals surface area contributed by atoms with Crippen molar-refractivity contribution in [2.45, 2.75) is 19.4 Å². The van der Waals surface area contributed by atoms with E-state index in [4.69, 9.17) is 18.6 Å². The second-order valence-corrected chi connectivity index (χ2v) is 6.31. The van der Waals surface area contributed by atoms with Gasteiger partial charge in [-0.15, -0.1) is 0 Å². The van der Waals surface area contributed by atoms with Crippen LogP contribution in [0.25, 0.3) is 11.3 Å². The Hall–Kier alpha value is -3.48. The molecular formula is C21H20N2O5. The van der Waals surface area contributed by atoms with Crippen molar-refractivity contribution in [2.24, 2.45) is 0 Å². The standard InChI is InChI=1S/C21H20N2O5/c1-25-16-4-2-3-15(10-16)19-12-23-21(28-19)8-7-20(24)22-11-14-5-6-17-18(9-14)27-13-26-17/h2-6,9-10,12H,7-8,11,13H2,1H3,(H,22,24). The lowest BCUT2D eigenvalue weighted by Crippen LogP contribution is -2.23. The van der Waals surface area contributed by atoms with Crippen LogP contribution in [0.5, 0.6) is 17.2 Å². The number of methoxy groups -OCH3 is 1. The molecule has 4 rings (SSSR count). The van der Waals surface area contributed by atoms with E-state index in [1.54, 1.807) is 13.3 Å². The number of oxazole rings is 1. The first-order valence-electron chi connectivity index (χ1n) is 8.95. The lowest BCUT2D eigenvalue weighted by atomic mass is 10.2. The first kappa shape index (κ1) is 17.9. The van der Waals surface area contributed by atoms with Gasteiger partial charge in [-0.3, -0.25) is 4.79 Å². The van der Waals surface area contributed by atoms with Crippen LogP contribution >= 0.6 is 0 Å². The zero-order valence-electron chi connectivity index (χ0n) is 15.4. The SMILES string of the molecule is COc1cccc(-c2cnc(CCC(=O)NCc3ccc4c(c3)OCO4)o2)c1. The van der Waals surface area contributed by atoms with Gasteiger partial charge >= 0.3 is 0 Å². The quantitative estimate of drug-likeness (QED) is 0.677. The third kappa shape index (κ3) is 4.09. The Morgan fingerprint density at radius 1 is 1.18 bits per heavy atom. The first-order chi connectivity index (χ1) is 13.7. The zero-order chi connectivity index (χ0) is 19.3. The van der Waals surface area contributed by atoms with Gasteiger partial charge in [0.15, 0.2) is 23.1 Å². The minimum absolute atomic E-state index is 0.0706. The Morgan fingerprint density at radius 3 is 2.96 bits per heavy atom. The second-order valence-electron chi connectivity index (χ2n) is 6.31. The molecule has 1 aliphatic heterocycles. The van der Waals surface area contributed by atoms with Crippen molar-refractivity contribution in [3.8, 4) is 28.6 Å². The topological polar surface area (TPSA) is 82.8 Å². The lowest BCUT2D eigenvalue weighted by molar-refractivity contribution is -0.121. The van der Waals surface area contributed by atoms with E-state index in [0.717, 1.165) is 22.6 Å². The molecule has 1 aliphatic rings. The van der Waals surface area contributed by atoms with E-state index in [2.05, 4.69) is 10.3 Å². The summed E-state index contributed by atoms with van der Waals surface area (Å²) in [6, 6.07) is 13.2. The Morgan fingerprint density at radius 2 is 2.07 bits per heavy atom. The second kappa shape index (κ2) is 8.04. The monoisotopic (exact) mass is 380 g/mol. The van der Waals surface area contributed by atoms with Crippen LogP contribution in [0.2, 0.25) is 0 Å². The van der Waals surface area contributed by atoms with Crippen molar-refractivity contribution < 1.29 is 23.4 Å². The Balaban J connectivity index is 1.28. The average molecular weight is 380 g/mol. The molecule has 0 bridgehead atoms. The summed E-state index contributed by atoms with van der Waals surface area (Å²) < 4.78 is 21.6. The Labute approximate surface area is 162 Å². The number of ether oxygens (including phenoxy) is 3. The molecule has 3 aromatic rings. The molecule has 28 heavy (non-hydrogen) atoms. The van der Waals surface area contributed by atoms with E-state index in [1.165, 1.54) is 0 Å². The van der Waals surface area contributed by atoms with Crippen LogP contribution in [0.1, 0.15) is 17.9 Å². The summed E-state index contributed by atoms with van der Waals surface area (Å²) in [5.41, 5.74) is 1.83. The number of benzene rings is 2. The molecule has 0 fully saturated rings.